The van der Waals surface area contributed by atoms with Crippen molar-refractivity contribution in [2.24, 2.45) is 7.05 Å². The van der Waals surface area contributed by atoms with Crippen molar-refractivity contribution in [2.45, 2.75) is 19.3 Å². The summed E-state index contributed by atoms with van der Waals surface area (Å²) in [4.78, 5) is 14.8. The summed E-state index contributed by atoms with van der Waals surface area (Å²) in [7, 11) is 1.91. The second-order valence-corrected chi connectivity index (χ2v) is 6.08. The Morgan fingerprint density at radius 3 is 2.91 bits per heavy atom. The van der Waals surface area contributed by atoms with Crippen molar-refractivity contribution < 1.29 is 4.79 Å². The molecule has 0 bridgehead atoms. The third kappa shape index (κ3) is 2.40. The number of nitrogens with zero attached hydrogens (tertiary/aromatic N) is 3. The second-order valence-electron chi connectivity index (χ2n) is 6.08. The molecule has 0 aliphatic carbocycles. The first-order chi connectivity index (χ1) is 11.2. The molecule has 0 saturated carbocycles. The molecule has 4 heteroatoms. The van der Waals surface area contributed by atoms with Crippen LogP contribution in [0.25, 0.3) is 10.8 Å². The van der Waals surface area contributed by atoms with Gasteiger partial charge in [-0.05, 0) is 29.2 Å². The monoisotopic (exact) mass is 305 g/mol. The number of hydrogen-bond donors (Lipinski definition) is 0. The first-order valence-electron chi connectivity index (χ1n) is 8.02. The largest absolute Gasteiger partial charge is 0.297 e. The van der Waals surface area contributed by atoms with Gasteiger partial charge in [-0.3, -0.25) is 14.4 Å². The molecular formula is C19H19N3O. The van der Waals surface area contributed by atoms with E-state index in [1.54, 1.807) is 0 Å². The quantitative estimate of drug-likeness (QED) is 0.729. The van der Waals surface area contributed by atoms with Gasteiger partial charge in [-0.15, -0.1) is 0 Å². The zero-order valence-electron chi connectivity index (χ0n) is 13.2. The van der Waals surface area contributed by atoms with E-state index < -0.39 is 0 Å². The van der Waals surface area contributed by atoms with E-state index in [0.29, 0.717) is 6.42 Å². The number of anilines is 1. The van der Waals surface area contributed by atoms with Gasteiger partial charge in [0.25, 0.3) is 0 Å². The minimum atomic E-state index is 0.144. The number of hydrogen-bond acceptors (Lipinski definition) is 2. The Hall–Kier alpha value is -2.62. The molecule has 1 aliphatic rings. The van der Waals surface area contributed by atoms with Gasteiger partial charge in [0.2, 0.25) is 5.91 Å². The number of carbonyl (C=O) groups is 1. The topological polar surface area (TPSA) is 38.1 Å². The van der Waals surface area contributed by atoms with E-state index in [1.165, 1.54) is 10.9 Å². The maximum Gasteiger partial charge on any atom is 0.232 e. The van der Waals surface area contributed by atoms with Crippen molar-refractivity contribution in [3.63, 3.8) is 0 Å². The van der Waals surface area contributed by atoms with E-state index in [1.807, 2.05) is 47.1 Å². The average Bonchev–Trinajstić information content (AvgIpc) is 2.97. The molecule has 4 nitrogen and oxygen atoms in total. The first kappa shape index (κ1) is 14.0. The third-order valence-corrected chi connectivity index (χ3v) is 4.59. The van der Waals surface area contributed by atoms with Crippen LogP contribution >= 0.6 is 0 Å². The SMILES string of the molecule is Cn1ncc2c1N(C(=O)Cc1cccc3ccccc13)CCC2. The number of amides is 1. The Morgan fingerprint density at radius 1 is 1.17 bits per heavy atom. The summed E-state index contributed by atoms with van der Waals surface area (Å²) in [5, 5.41) is 6.65. The van der Waals surface area contributed by atoms with Crippen LogP contribution in [0.4, 0.5) is 5.82 Å². The average molecular weight is 305 g/mol. The molecule has 0 unspecified atom stereocenters. The molecule has 23 heavy (non-hydrogen) atoms. The Balaban J connectivity index is 1.67. The van der Waals surface area contributed by atoms with Crippen LogP contribution in [-0.2, 0) is 24.7 Å². The Kier molecular flexibility index (Phi) is 3.37. The fraction of sp³-hybridized carbons (Fsp3) is 0.263. The number of aryl methyl sites for hydroxylation is 2. The molecule has 0 radical (unpaired) electrons. The first-order valence-corrected chi connectivity index (χ1v) is 8.02. The summed E-state index contributed by atoms with van der Waals surface area (Å²) in [6.45, 7) is 0.774. The van der Waals surface area contributed by atoms with Crippen LogP contribution in [0, 0.1) is 0 Å². The highest BCUT2D eigenvalue weighted by Gasteiger charge is 2.26. The molecule has 0 saturated heterocycles. The van der Waals surface area contributed by atoms with E-state index in [9.17, 15) is 4.79 Å². The minimum absolute atomic E-state index is 0.144. The van der Waals surface area contributed by atoms with E-state index in [2.05, 4.69) is 23.3 Å². The van der Waals surface area contributed by atoms with Gasteiger partial charge in [0, 0.05) is 19.2 Å². The minimum Gasteiger partial charge on any atom is -0.297 e. The van der Waals surface area contributed by atoms with E-state index in [-0.39, 0.29) is 5.91 Å². The summed E-state index contributed by atoms with van der Waals surface area (Å²) in [6, 6.07) is 14.4. The normalized spacial score (nSPS) is 14.0. The van der Waals surface area contributed by atoms with Crippen molar-refractivity contribution in [2.75, 3.05) is 11.4 Å². The molecule has 3 aromatic rings. The van der Waals surface area contributed by atoms with Crippen LogP contribution in [0.2, 0.25) is 0 Å². The zero-order chi connectivity index (χ0) is 15.8. The van der Waals surface area contributed by atoms with Gasteiger partial charge < -0.3 is 0 Å². The lowest BCUT2D eigenvalue weighted by Gasteiger charge is -2.28. The zero-order valence-corrected chi connectivity index (χ0v) is 13.2. The van der Waals surface area contributed by atoms with E-state index in [0.717, 1.165) is 36.2 Å². The molecule has 1 aliphatic heterocycles. The van der Waals surface area contributed by atoms with Crippen LogP contribution in [0.15, 0.2) is 48.7 Å². The van der Waals surface area contributed by atoms with Gasteiger partial charge in [-0.1, -0.05) is 42.5 Å². The molecule has 1 aromatic heterocycles. The maximum atomic E-state index is 12.9. The highest BCUT2D eigenvalue weighted by Crippen LogP contribution is 2.27. The number of rotatable bonds is 2. The molecule has 4 rings (SSSR count). The van der Waals surface area contributed by atoms with Gasteiger partial charge in [0.05, 0.1) is 12.6 Å². The Bertz CT molecular complexity index is 876. The maximum absolute atomic E-state index is 12.9. The molecule has 2 heterocycles. The summed E-state index contributed by atoms with van der Waals surface area (Å²) in [5.74, 6) is 1.10. The number of fused-ring (bicyclic) bond motifs is 2. The lowest BCUT2D eigenvalue weighted by atomic mass is 10.0. The van der Waals surface area contributed by atoms with Crippen LogP contribution < -0.4 is 4.90 Å². The van der Waals surface area contributed by atoms with Gasteiger partial charge in [-0.25, -0.2) is 0 Å². The molecule has 0 fully saturated rings. The number of carbonyl (C=O) groups excluding carboxylic acids is 1. The van der Waals surface area contributed by atoms with Crippen molar-refractivity contribution in [3.8, 4) is 0 Å². The molecule has 0 spiro atoms. The van der Waals surface area contributed by atoms with Crippen molar-refractivity contribution in [3.05, 3.63) is 59.8 Å². The second kappa shape index (κ2) is 5.54. The lowest BCUT2D eigenvalue weighted by Crippen LogP contribution is -2.37. The molecule has 2 aromatic carbocycles. The van der Waals surface area contributed by atoms with Gasteiger partial charge in [-0.2, -0.15) is 5.10 Å². The van der Waals surface area contributed by atoms with Crippen molar-refractivity contribution in [1.82, 2.24) is 9.78 Å². The van der Waals surface area contributed by atoms with Crippen LogP contribution in [-0.4, -0.2) is 22.2 Å². The number of benzene rings is 2. The fourth-order valence-corrected chi connectivity index (χ4v) is 3.48. The summed E-state index contributed by atoms with van der Waals surface area (Å²) in [5.41, 5.74) is 2.26. The molecular weight excluding hydrogens is 286 g/mol. The van der Waals surface area contributed by atoms with Crippen molar-refractivity contribution in [1.29, 1.82) is 0 Å². The summed E-state index contributed by atoms with van der Waals surface area (Å²) in [6.07, 6.45) is 4.31. The molecule has 0 atom stereocenters. The third-order valence-electron chi connectivity index (χ3n) is 4.59. The standard InChI is InChI=1S/C19H19N3O/c1-21-19-16(13-20-21)9-5-11-22(19)18(23)12-15-8-4-7-14-6-2-3-10-17(14)15/h2-4,6-8,10,13H,5,9,11-12H2,1H3. The Labute approximate surface area is 135 Å². The predicted octanol–water partition coefficient (Wildman–Crippen LogP) is 3.10. The van der Waals surface area contributed by atoms with Crippen LogP contribution in [0.3, 0.4) is 0 Å². The van der Waals surface area contributed by atoms with E-state index in [4.69, 9.17) is 0 Å². The molecule has 116 valence electrons. The smallest absolute Gasteiger partial charge is 0.232 e. The van der Waals surface area contributed by atoms with E-state index >= 15 is 0 Å². The summed E-state index contributed by atoms with van der Waals surface area (Å²) < 4.78 is 1.81. The number of aromatic nitrogens is 2. The van der Waals surface area contributed by atoms with Gasteiger partial charge >= 0.3 is 0 Å². The molecule has 0 N–H and O–H groups in total. The van der Waals surface area contributed by atoms with Crippen LogP contribution in [0.5, 0.6) is 0 Å². The highest BCUT2D eigenvalue weighted by atomic mass is 16.2. The lowest BCUT2D eigenvalue weighted by molar-refractivity contribution is -0.118. The van der Waals surface area contributed by atoms with Gasteiger partial charge in [0.1, 0.15) is 5.82 Å². The fourth-order valence-electron chi connectivity index (χ4n) is 3.48. The Morgan fingerprint density at radius 2 is 2.00 bits per heavy atom. The molecule has 1 amide bonds. The van der Waals surface area contributed by atoms with Crippen LogP contribution in [0.1, 0.15) is 17.5 Å². The van der Waals surface area contributed by atoms with Crippen molar-refractivity contribution >= 4 is 22.5 Å². The highest BCUT2D eigenvalue weighted by molar-refractivity contribution is 5.98. The predicted molar refractivity (Wildman–Crippen MR) is 91.5 cm³/mol. The van der Waals surface area contributed by atoms with Gasteiger partial charge in [0.15, 0.2) is 0 Å². The summed E-state index contributed by atoms with van der Waals surface area (Å²) >= 11 is 0.